The molecule has 27 heavy (non-hydrogen) atoms. The summed E-state index contributed by atoms with van der Waals surface area (Å²) in [6.07, 6.45) is 0.817. The van der Waals surface area contributed by atoms with Crippen molar-refractivity contribution in [3.05, 3.63) is 65.7 Å². The number of hydrogen-bond donors (Lipinski definition) is 1. The molecule has 1 unspecified atom stereocenters. The number of methoxy groups -OCH3 is 1. The first-order valence-electron chi connectivity index (χ1n) is 9.33. The number of nitrogens with zero attached hydrogens (tertiary/aromatic N) is 1. The third kappa shape index (κ3) is 5.84. The minimum absolute atomic E-state index is 0.0509. The van der Waals surface area contributed by atoms with Crippen LogP contribution in [0.2, 0.25) is 0 Å². The Morgan fingerprint density at radius 2 is 1.74 bits per heavy atom. The van der Waals surface area contributed by atoms with Crippen molar-refractivity contribution in [2.24, 2.45) is 0 Å². The Morgan fingerprint density at radius 1 is 1.04 bits per heavy atom. The maximum atomic E-state index is 12.8. The quantitative estimate of drug-likeness (QED) is 0.740. The molecule has 0 spiro atoms. The zero-order valence-electron chi connectivity index (χ0n) is 16.3. The number of rotatable bonds is 9. The van der Waals surface area contributed by atoms with Gasteiger partial charge in [-0.05, 0) is 30.2 Å². The lowest BCUT2D eigenvalue weighted by Crippen LogP contribution is -2.50. The van der Waals surface area contributed by atoms with Crippen molar-refractivity contribution in [2.75, 3.05) is 13.7 Å². The Morgan fingerprint density at radius 3 is 2.37 bits per heavy atom. The van der Waals surface area contributed by atoms with Crippen LogP contribution in [0, 0.1) is 0 Å². The van der Waals surface area contributed by atoms with E-state index in [-0.39, 0.29) is 11.8 Å². The van der Waals surface area contributed by atoms with Gasteiger partial charge in [-0.25, -0.2) is 0 Å². The Kier molecular flexibility index (Phi) is 7.86. The Hall–Kier alpha value is -2.82. The molecule has 0 aliphatic heterocycles. The molecule has 0 saturated carbocycles. The van der Waals surface area contributed by atoms with Gasteiger partial charge in [0, 0.05) is 25.9 Å². The van der Waals surface area contributed by atoms with E-state index in [4.69, 9.17) is 4.74 Å². The van der Waals surface area contributed by atoms with E-state index >= 15 is 0 Å². The van der Waals surface area contributed by atoms with Gasteiger partial charge in [-0.1, -0.05) is 49.4 Å². The minimum atomic E-state index is -0.564. The van der Waals surface area contributed by atoms with Crippen LogP contribution in [0.1, 0.15) is 31.4 Å². The molecule has 0 saturated heterocycles. The fourth-order valence-corrected chi connectivity index (χ4v) is 3.02. The molecule has 2 rings (SSSR count). The standard InChI is InChI=1S/C22H28N2O3/c1-4-21(25)24(16-18-12-9-13-19(14-18)27-3)20(22(26)23-5-2)15-17-10-7-6-8-11-17/h6-14,20H,4-5,15-16H2,1-3H3,(H,23,26). The highest BCUT2D eigenvalue weighted by Crippen LogP contribution is 2.18. The first kappa shape index (κ1) is 20.5. The smallest absolute Gasteiger partial charge is 0.243 e. The Labute approximate surface area is 161 Å². The van der Waals surface area contributed by atoms with Crippen LogP contribution in [0.25, 0.3) is 0 Å². The number of benzene rings is 2. The van der Waals surface area contributed by atoms with Crippen LogP contribution in [0.5, 0.6) is 5.75 Å². The molecule has 144 valence electrons. The third-order valence-corrected chi connectivity index (χ3v) is 4.41. The lowest BCUT2D eigenvalue weighted by atomic mass is 10.0. The van der Waals surface area contributed by atoms with Gasteiger partial charge in [-0.3, -0.25) is 9.59 Å². The number of hydrogen-bond acceptors (Lipinski definition) is 3. The number of carbonyl (C=O) groups is 2. The lowest BCUT2D eigenvalue weighted by Gasteiger charge is -2.31. The summed E-state index contributed by atoms with van der Waals surface area (Å²) in [5.41, 5.74) is 1.95. The molecule has 0 aromatic heterocycles. The highest BCUT2D eigenvalue weighted by atomic mass is 16.5. The summed E-state index contributed by atoms with van der Waals surface area (Å²) in [4.78, 5) is 27.2. The van der Waals surface area contributed by atoms with Crippen LogP contribution in [-0.4, -0.2) is 36.4 Å². The van der Waals surface area contributed by atoms with Gasteiger partial charge in [-0.2, -0.15) is 0 Å². The van der Waals surface area contributed by atoms with Crippen molar-refractivity contribution < 1.29 is 14.3 Å². The van der Waals surface area contributed by atoms with Crippen LogP contribution in [0.4, 0.5) is 0 Å². The van der Waals surface area contributed by atoms with Gasteiger partial charge in [-0.15, -0.1) is 0 Å². The van der Waals surface area contributed by atoms with E-state index < -0.39 is 6.04 Å². The second-order valence-corrected chi connectivity index (χ2v) is 6.33. The molecule has 0 fully saturated rings. The van der Waals surface area contributed by atoms with Gasteiger partial charge in [0.1, 0.15) is 11.8 Å². The molecule has 0 heterocycles. The molecule has 1 atom stereocenters. The van der Waals surface area contributed by atoms with Gasteiger partial charge in [0.15, 0.2) is 0 Å². The topological polar surface area (TPSA) is 58.6 Å². The number of likely N-dealkylation sites (N-methyl/N-ethyl adjacent to an activating group) is 1. The second-order valence-electron chi connectivity index (χ2n) is 6.33. The summed E-state index contributed by atoms with van der Waals surface area (Å²) in [7, 11) is 1.61. The first-order chi connectivity index (χ1) is 13.1. The second kappa shape index (κ2) is 10.4. The SMILES string of the molecule is CCNC(=O)C(Cc1ccccc1)N(Cc1cccc(OC)c1)C(=O)CC. The molecule has 0 aliphatic rings. The van der Waals surface area contributed by atoms with E-state index in [9.17, 15) is 9.59 Å². The predicted octanol–water partition coefficient (Wildman–Crippen LogP) is 3.18. The number of ether oxygens (including phenoxy) is 1. The van der Waals surface area contributed by atoms with Crippen LogP contribution in [0.3, 0.4) is 0 Å². The molecule has 2 aromatic rings. The summed E-state index contributed by atoms with van der Waals surface area (Å²) >= 11 is 0. The minimum Gasteiger partial charge on any atom is -0.497 e. The molecular weight excluding hydrogens is 340 g/mol. The maximum absolute atomic E-state index is 12.8. The summed E-state index contributed by atoms with van der Waals surface area (Å²) in [6.45, 7) is 4.58. The van der Waals surface area contributed by atoms with Gasteiger partial charge in [0.2, 0.25) is 11.8 Å². The highest BCUT2D eigenvalue weighted by Gasteiger charge is 2.29. The third-order valence-electron chi connectivity index (χ3n) is 4.41. The Bertz CT molecular complexity index is 746. The predicted molar refractivity (Wildman–Crippen MR) is 106 cm³/mol. The monoisotopic (exact) mass is 368 g/mol. The van der Waals surface area contributed by atoms with Crippen molar-refractivity contribution in [3.8, 4) is 5.75 Å². The van der Waals surface area contributed by atoms with E-state index in [0.717, 1.165) is 16.9 Å². The molecule has 0 bridgehead atoms. The van der Waals surface area contributed by atoms with Crippen LogP contribution in [0.15, 0.2) is 54.6 Å². The highest BCUT2D eigenvalue weighted by molar-refractivity contribution is 5.87. The van der Waals surface area contributed by atoms with Crippen molar-refractivity contribution in [3.63, 3.8) is 0 Å². The molecule has 5 nitrogen and oxygen atoms in total. The van der Waals surface area contributed by atoms with Crippen LogP contribution >= 0.6 is 0 Å². The fraction of sp³-hybridized carbons (Fsp3) is 0.364. The summed E-state index contributed by atoms with van der Waals surface area (Å²) in [5.74, 6) is 0.546. The summed E-state index contributed by atoms with van der Waals surface area (Å²) in [6, 6.07) is 16.8. The zero-order chi connectivity index (χ0) is 19.6. The zero-order valence-corrected chi connectivity index (χ0v) is 16.3. The van der Waals surface area contributed by atoms with E-state index in [0.29, 0.717) is 25.9 Å². The van der Waals surface area contributed by atoms with E-state index in [1.807, 2.05) is 68.4 Å². The Balaban J connectivity index is 2.33. The average Bonchev–Trinajstić information content (AvgIpc) is 2.71. The molecule has 2 aromatic carbocycles. The molecule has 5 heteroatoms. The van der Waals surface area contributed by atoms with Gasteiger partial charge in [0.05, 0.1) is 7.11 Å². The van der Waals surface area contributed by atoms with E-state index in [1.54, 1.807) is 12.0 Å². The molecule has 1 N–H and O–H groups in total. The van der Waals surface area contributed by atoms with E-state index in [2.05, 4.69) is 5.32 Å². The fourth-order valence-electron chi connectivity index (χ4n) is 3.02. The average molecular weight is 368 g/mol. The van der Waals surface area contributed by atoms with Gasteiger partial charge < -0.3 is 15.0 Å². The first-order valence-corrected chi connectivity index (χ1v) is 9.33. The molecule has 0 radical (unpaired) electrons. The van der Waals surface area contributed by atoms with Gasteiger partial charge in [0.25, 0.3) is 0 Å². The van der Waals surface area contributed by atoms with Gasteiger partial charge >= 0.3 is 0 Å². The maximum Gasteiger partial charge on any atom is 0.243 e. The molecule has 0 aliphatic carbocycles. The molecule has 2 amide bonds. The van der Waals surface area contributed by atoms with Crippen LogP contribution < -0.4 is 10.1 Å². The largest absolute Gasteiger partial charge is 0.497 e. The normalized spacial score (nSPS) is 11.5. The van der Waals surface area contributed by atoms with E-state index in [1.165, 1.54) is 0 Å². The van der Waals surface area contributed by atoms with Crippen molar-refractivity contribution in [2.45, 2.75) is 39.3 Å². The molecular formula is C22H28N2O3. The van der Waals surface area contributed by atoms with Crippen LogP contribution in [-0.2, 0) is 22.6 Å². The number of carbonyl (C=O) groups excluding carboxylic acids is 2. The number of nitrogens with one attached hydrogen (secondary N) is 1. The van der Waals surface area contributed by atoms with Crippen molar-refractivity contribution in [1.29, 1.82) is 0 Å². The summed E-state index contributed by atoms with van der Waals surface area (Å²) < 4.78 is 5.28. The summed E-state index contributed by atoms with van der Waals surface area (Å²) in [5, 5.41) is 2.88. The van der Waals surface area contributed by atoms with Crippen molar-refractivity contribution >= 4 is 11.8 Å². The van der Waals surface area contributed by atoms with Crippen molar-refractivity contribution in [1.82, 2.24) is 10.2 Å². The lowest BCUT2D eigenvalue weighted by molar-refractivity contribution is -0.141. The number of amides is 2.